The number of nitriles is 1. The van der Waals surface area contributed by atoms with Gasteiger partial charge in [-0.3, -0.25) is 4.98 Å². The lowest BCUT2D eigenvalue weighted by atomic mass is 9.97. The first kappa shape index (κ1) is 19.5. The Bertz CT molecular complexity index is 1390. The summed E-state index contributed by atoms with van der Waals surface area (Å²) >= 11 is 0. The van der Waals surface area contributed by atoms with E-state index in [2.05, 4.69) is 21.4 Å². The molecule has 0 saturated heterocycles. The first-order chi connectivity index (χ1) is 15.8. The van der Waals surface area contributed by atoms with E-state index in [-0.39, 0.29) is 0 Å². The molecule has 32 heavy (non-hydrogen) atoms. The van der Waals surface area contributed by atoms with E-state index in [9.17, 15) is 5.26 Å². The first-order valence-electron chi connectivity index (χ1n) is 10.5. The summed E-state index contributed by atoms with van der Waals surface area (Å²) in [5.74, 6) is 0.738. The molecule has 1 N–H and O–H groups in total. The largest absolute Gasteiger partial charge is 0.437 e. The quantitative estimate of drug-likeness (QED) is 0.363. The van der Waals surface area contributed by atoms with Crippen LogP contribution in [0.15, 0.2) is 95.7 Å². The molecule has 0 spiro atoms. The molecule has 0 aliphatic rings. The number of nitrogens with zero attached hydrogens (tertiary/aromatic N) is 3. The van der Waals surface area contributed by atoms with Gasteiger partial charge in [-0.05, 0) is 17.7 Å². The maximum atomic E-state index is 9.81. The zero-order chi connectivity index (χ0) is 21.8. The number of nitrogens with one attached hydrogen (secondary N) is 1. The number of anilines is 1. The van der Waals surface area contributed by atoms with Gasteiger partial charge in [-0.25, -0.2) is 4.98 Å². The lowest BCUT2D eigenvalue weighted by Gasteiger charge is -2.11. The molecule has 0 bridgehead atoms. The van der Waals surface area contributed by atoms with Gasteiger partial charge >= 0.3 is 0 Å². The number of hydrogen-bond acceptors (Lipinski definition) is 5. The number of fused-ring (bicyclic) bond motifs is 1. The van der Waals surface area contributed by atoms with Gasteiger partial charge in [-0.2, -0.15) is 5.26 Å². The van der Waals surface area contributed by atoms with E-state index >= 15 is 0 Å². The van der Waals surface area contributed by atoms with Crippen LogP contribution in [0.5, 0.6) is 0 Å². The van der Waals surface area contributed by atoms with Crippen LogP contribution in [0.1, 0.15) is 11.3 Å². The van der Waals surface area contributed by atoms with Crippen molar-refractivity contribution in [2.24, 2.45) is 0 Å². The van der Waals surface area contributed by atoms with Gasteiger partial charge < -0.3 is 9.73 Å². The molecule has 0 unspecified atom stereocenters. The fourth-order valence-electron chi connectivity index (χ4n) is 3.87. The molecular formula is C27H20N4O. The second-order valence-electron chi connectivity index (χ2n) is 7.37. The average molecular weight is 416 g/mol. The topological polar surface area (TPSA) is 74.7 Å². The standard InChI is InChI=1S/C27H20N4O/c28-17-21-18-31-27-24(25(21)30-16-14-22-13-7-8-15-29-22)23(19-9-3-1-4-10-19)26(32-27)20-11-5-2-6-12-20/h1-13,15,18H,14,16H2,(H,30,31). The van der Waals surface area contributed by atoms with Crippen LogP contribution in [0.25, 0.3) is 33.6 Å². The predicted molar refractivity (Wildman–Crippen MR) is 126 cm³/mol. The highest BCUT2D eigenvalue weighted by molar-refractivity contribution is 6.08. The number of pyridine rings is 2. The van der Waals surface area contributed by atoms with Gasteiger partial charge in [-0.15, -0.1) is 0 Å². The first-order valence-corrected chi connectivity index (χ1v) is 10.5. The maximum Gasteiger partial charge on any atom is 0.229 e. The van der Waals surface area contributed by atoms with Crippen molar-refractivity contribution >= 4 is 16.8 Å². The highest BCUT2D eigenvalue weighted by atomic mass is 16.3. The Morgan fingerprint density at radius 1 is 0.844 bits per heavy atom. The molecule has 154 valence electrons. The van der Waals surface area contributed by atoms with E-state index in [0.717, 1.165) is 45.6 Å². The van der Waals surface area contributed by atoms with Crippen LogP contribution >= 0.6 is 0 Å². The number of benzene rings is 2. The van der Waals surface area contributed by atoms with Crippen molar-refractivity contribution in [2.45, 2.75) is 6.42 Å². The molecule has 3 heterocycles. The Morgan fingerprint density at radius 2 is 1.56 bits per heavy atom. The molecule has 0 aliphatic carbocycles. The van der Waals surface area contributed by atoms with Crippen LogP contribution in [-0.2, 0) is 6.42 Å². The van der Waals surface area contributed by atoms with Gasteiger partial charge in [0.1, 0.15) is 11.8 Å². The zero-order valence-corrected chi connectivity index (χ0v) is 17.3. The molecule has 0 amide bonds. The molecule has 3 aromatic heterocycles. The summed E-state index contributed by atoms with van der Waals surface area (Å²) in [7, 11) is 0. The fraction of sp³-hybridized carbons (Fsp3) is 0.0741. The van der Waals surface area contributed by atoms with Crippen LogP contribution in [0.4, 0.5) is 5.69 Å². The van der Waals surface area contributed by atoms with E-state index in [1.807, 2.05) is 78.9 Å². The van der Waals surface area contributed by atoms with E-state index in [1.54, 1.807) is 12.4 Å². The third kappa shape index (κ3) is 3.70. The Hall–Kier alpha value is -4.43. The zero-order valence-electron chi connectivity index (χ0n) is 17.3. The van der Waals surface area contributed by atoms with Crippen LogP contribution in [0, 0.1) is 11.3 Å². The smallest absolute Gasteiger partial charge is 0.229 e. The summed E-state index contributed by atoms with van der Waals surface area (Å²) in [5, 5.41) is 14.1. The van der Waals surface area contributed by atoms with E-state index < -0.39 is 0 Å². The highest BCUT2D eigenvalue weighted by Crippen LogP contribution is 2.44. The fourth-order valence-corrected chi connectivity index (χ4v) is 3.87. The van der Waals surface area contributed by atoms with Gasteiger partial charge in [0.15, 0.2) is 0 Å². The Labute approximate surface area is 186 Å². The van der Waals surface area contributed by atoms with Crippen LogP contribution < -0.4 is 5.32 Å². The van der Waals surface area contributed by atoms with Crippen molar-refractivity contribution < 1.29 is 4.42 Å². The number of aromatic nitrogens is 2. The van der Waals surface area contributed by atoms with Crippen molar-refractivity contribution in [1.29, 1.82) is 5.26 Å². The minimum Gasteiger partial charge on any atom is -0.437 e. The summed E-state index contributed by atoms with van der Waals surface area (Å²) in [6, 6.07) is 28.2. The Balaban J connectivity index is 1.67. The molecule has 0 saturated carbocycles. The molecule has 0 radical (unpaired) electrons. The molecule has 5 rings (SSSR count). The normalized spacial score (nSPS) is 10.7. The van der Waals surface area contributed by atoms with E-state index in [4.69, 9.17) is 4.42 Å². The summed E-state index contributed by atoms with van der Waals surface area (Å²) in [6.07, 6.45) is 4.09. The van der Waals surface area contributed by atoms with Gasteiger partial charge in [0.05, 0.1) is 22.8 Å². The second kappa shape index (κ2) is 8.75. The van der Waals surface area contributed by atoms with E-state index in [0.29, 0.717) is 17.8 Å². The van der Waals surface area contributed by atoms with Crippen molar-refractivity contribution in [3.8, 4) is 28.5 Å². The molecule has 0 fully saturated rings. The third-order valence-corrected chi connectivity index (χ3v) is 5.35. The van der Waals surface area contributed by atoms with E-state index in [1.165, 1.54) is 0 Å². The van der Waals surface area contributed by atoms with Crippen LogP contribution in [0.2, 0.25) is 0 Å². The molecule has 5 aromatic rings. The monoisotopic (exact) mass is 416 g/mol. The van der Waals surface area contributed by atoms with Crippen LogP contribution in [0.3, 0.4) is 0 Å². The summed E-state index contributed by atoms with van der Waals surface area (Å²) in [6.45, 7) is 0.630. The maximum absolute atomic E-state index is 9.81. The highest BCUT2D eigenvalue weighted by Gasteiger charge is 2.23. The Kier molecular flexibility index (Phi) is 5.34. The number of rotatable bonds is 6. The molecule has 5 heteroatoms. The van der Waals surface area contributed by atoms with Gasteiger partial charge in [0.25, 0.3) is 0 Å². The van der Waals surface area contributed by atoms with Crippen molar-refractivity contribution in [2.75, 3.05) is 11.9 Å². The minimum absolute atomic E-state index is 0.483. The molecule has 0 aliphatic heterocycles. The Morgan fingerprint density at radius 3 is 2.25 bits per heavy atom. The van der Waals surface area contributed by atoms with Crippen molar-refractivity contribution in [1.82, 2.24) is 9.97 Å². The lowest BCUT2D eigenvalue weighted by Crippen LogP contribution is -2.08. The van der Waals surface area contributed by atoms with Gasteiger partial charge in [0.2, 0.25) is 5.71 Å². The van der Waals surface area contributed by atoms with Crippen molar-refractivity contribution in [3.05, 3.63) is 103 Å². The summed E-state index contributed by atoms with van der Waals surface area (Å²) < 4.78 is 6.27. The molecule has 0 atom stereocenters. The predicted octanol–water partition coefficient (Wildman–Crippen LogP) is 6.08. The number of hydrogen-bond donors (Lipinski definition) is 1. The second-order valence-corrected chi connectivity index (χ2v) is 7.37. The van der Waals surface area contributed by atoms with Gasteiger partial charge in [0, 0.05) is 36.0 Å². The molecule has 5 nitrogen and oxygen atoms in total. The van der Waals surface area contributed by atoms with Gasteiger partial charge in [-0.1, -0.05) is 66.7 Å². The summed E-state index contributed by atoms with van der Waals surface area (Å²) in [4.78, 5) is 8.86. The third-order valence-electron chi connectivity index (χ3n) is 5.35. The number of furan rings is 1. The molecule has 2 aromatic carbocycles. The van der Waals surface area contributed by atoms with Crippen molar-refractivity contribution in [3.63, 3.8) is 0 Å². The minimum atomic E-state index is 0.483. The average Bonchev–Trinajstić information content (AvgIpc) is 3.26. The molecular weight excluding hydrogens is 396 g/mol. The lowest BCUT2D eigenvalue weighted by molar-refractivity contribution is 0.619. The SMILES string of the molecule is N#Cc1cnc2oc(-c3ccccc3)c(-c3ccccc3)c2c1NCCc1ccccn1. The van der Waals surface area contributed by atoms with Crippen LogP contribution in [-0.4, -0.2) is 16.5 Å². The summed E-state index contributed by atoms with van der Waals surface area (Å²) in [5.41, 5.74) is 5.61.